The first-order valence-electron chi connectivity index (χ1n) is 6.11. The van der Waals surface area contributed by atoms with Crippen LogP contribution in [0.25, 0.3) is 0 Å². The van der Waals surface area contributed by atoms with Gasteiger partial charge in [0.2, 0.25) is 0 Å². The summed E-state index contributed by atoms with van der Waals surface area (Å²) in [7, 11) is 1.61. The Morgan fingerprint density at radius 2 is 1.83 bits per heavy atom. The number of hydrogen-bond acceptors (Lipinski definition) is 3. The van der Waals surface area contributed by atoms with E-state index < -0.39 is 18.0 Å². The minimum atomic E-state index is -1.02. The van der Waals surface area contributed by atoms with Crippen LogP contribution in [0, 0.1) is 5.92 Å². The van der Waals surface area contributed by atoms with E-state index in [9.17, 15) is 9.59 Å². The second kappa shape index (κ2) is 7.92. The van der Waals surface area contributed by atoms with Crippen LogP contribution in [0.4, 0.5) is 4.79 Å². The number of likely N-dealkylation sites (N-methyl/N-ethyl adjacent to an activating group) is 1. The molecule has 1 atom stereocenters. The van der Waals surface area contributed by atoms with Gasteiger partial charge in [0.25, 0.3) is 0 Å². The molecule has 2 amide bonds. The van der Waals surface area contributed by atoms with Crippen LogP contribution in [-0.2, 0) is 9.53 Å². The summed E-state index contributed by atoms with van der Waals surface area (Å²) in [5.41, 5.74) is 0. The Balaban J connectivity index is 4.17. The minimum absolute atomic E-state index is 0.115. The van der Waals surface area contributed by atoms with Crippen molar-refractivity contribution in [3.8, 4) is 0 Å². The summed E-state index contributed by atoms with van der Waals surface area (Å²) in [4.78, 5) is 24.1. The van der Waals surface area contributed by atoms with Gasteiger partial charge in [-0.1, -0.05) is 13.8 Å². The molecule has 0 rings (SSSR count). The van der Waals surface area contributed by atoms with Gasteiger partial charge in [0, 0.05) is 13.6 Å². The third kappa shape index (κ3) is 6.44. The zero-order valence-corrected chi connectivity index (χ0v) is 11.8. The highest BCUT2D eigenvalue weighted by Gasteiger charge is 2.24. The van der Waals surface area contributed by atoms with Gasteiger partial charge in [-0.25, -0.2) is 9.59 Å². The predicted octanol–water partition coefficient (Wildman–Crippen LogP) is 1.16. The summed E-state index contributed by atoms with van der Waals surface area (Å²) >= 11 is 0. The molecule has 106 valence electrons. The molecule has 0 fully saturated rings. The van der Waals surface area contributed by atoms with Crippen molar-refractivity contribution in [3.05, 3.63) is 0 Å². The van der Waals surface area contributed by atoms with Gasteiger partial charge in [0.1, 0.15) is 6.04 Å². The molecule has 0 aromatic rings. The monoisotopic (exact) mass is 260 g/mol. The normalized spacial score (nSPS) is 12.6. The third-order valence-electron chi connectivity index (χ3n) is 2.44. The van der Waals surface area contributed by atoms with Crippen molar-refractivity contribution in [2.24, 2.45) is 5.92 Å². The summed E-state index contributed by atoms with van der Waals surface area (Å²) in [6.45, 7) is 8.19. The lowest BCUT2D eigenvalue weighted by molar-refractivity contribution is -0.140. The molecule has 0 bridgehead atoms. The molecule has 0 heterocycles. The number of nitrogens with zero attached hydrogens (tertiary/aromatic N) is 1. The first-order valence-corrected chi connectivity index (χ1v) is 6.11. The van der Waals surface area contributed by atoms with Gasteiger partial charge in [-0.15, -0.1) is 0 Å². The Morgan fingerprint density at radius 3 is 2.22 bits per heavy atom. The fourth-order valence-electron chi connectivity index (χ4n) is 1.28. The van der Waals surface area contributed by atoms with E-state index in [1.165, 1.54) is 4.90 Å². The SMILES string of the molecule is CC(C)OCCN(C)C(=O)NC(C(=O)O)C(C)C. The standard InChI is InChI=1S/C12H24N2O4/c1-8(2)10(11(15)16)13-12(17)14(5)6-7-18-9(3)4/h8-10H,6-7H2,1-5H3,(H,13,17)(H,15,16). The third-order valence-corrected chi connectivity index (χ3v) is 2.44. The van der Waals surface area contributed by atoms with Crippen molar-refractivity contribution in [2.45, 2.75) is 39.8 Å². The zero-order chi connectivity index (χ0) is 14.3. The van der Waals surface area contributed by atoms with Crippen molar-refractivity contribution >= 4 is 12.0 Å². The molecule has 0 aliphatic heterocycles. The van der Waals surface area contributed by atoms with E-state index in [0.717, 1.165) is 0 Å². The smallest absolute Gasteiger partial charge is 0.326 e. The van der Waals surface area contributed by atoms with Crippen LogP contribution in [0.1, 0.15) is 27.7 Å². The highest BCUT2D eigenvalue weighted by molar-refractivity contribution is 5.82. The predicted molar refractivity (Wildman–Crippen MR) is 68.5 cm³/mol. The van der Waals surface area contributed by atoms with Gasteiger partial charge in [-0.05, 0) is 19.8 Å². The van der Waals surface area contributed by atoms with Crippen LogP contribution >= 0.6 is 0 Å². The quantitative estimate of drug-likeness (QED) is 0.720. The molecule has 0 aliphatic carbocycles. The summed E-state index contributed by atoms with van der Waals surface area (Å²) < 4.78 is 5.32. The maximum atomic E-state index is 11.7. The molecule has 0 saturated heterocycles. The molecule has 2 N–H and O–H groups in total. The first-order chi connectivity index (χ1) is 8.25. The molecule has 0 spiro atoms. The lowest BCUT2D eigenvalue weighted by Gasteiger charge is -2.23. The Morgan fingerprint density at radius 1 is 1.28 bits per heavy atom. The Hall–Kier alpha value is -1.30. The Bertz CT molecular complexity index is 279. The number of aliphatic carboxylic acids is 1. The van der Waals surface area contributed by atoms with Gasteiger partial charge >= 0.3 is 12.0 Å². The number of carboxylic acids is 1. The molecule has 0 saturated carbocycles. The number of hydrogen-bond donors (Lipinski definition) is 2. The van der Waals surface area contributed by atoms with E-state index in [0.29, 0.717) is 13.2 Å². The molecular weight excluding hydrogens is 236 g/mol. The van der Waals surface area contributed by atoms with Crippen LogP contribution < -0.4 is 5.32 Å². The average molecular weight is 260 g/mol. The van der Waals surface area contributed by atoms with Crippen molar-refractivity contribution in [2.75, 3.05) is 20.2 Å². The molecule has 6 heteroatoms. The Labute approximate surface area is 108 Å². The topological polar surface area (TPSA) is 78.9 Å². The van der Waals surface area contributed by atoms with Gasteiger partial charge in [-0.3, -0.25) is 0 Å². The Kier molecular flexibility index (Phi) is 7.35. The van der Waals surface area contributed by atoms with E-state index >= 15 is 0 Å². The highest BCUT2D eigenvalue weighted by atomic mass is 16.5. The zero-order valence-electron chi connectivity index (χ0n) is 11.8. The van der Waals surface area contributed by atoms with Crippen LogP contribution in [0.15, 0.2) is 0 Å². The first kappa shape index (κ1) is 16.7. The van der Waals surface area contributed by atoms with Gasteiger partial charge < -0.3 is 20.1 Å². The van der Waals surface area contributed by atoms with E-state index in [2.05, 4.69) is 5.32 Å². The molecule has 1 unspecified atom stereocenters. The number of carboxylic acid groups (broad SMARTS) is 1. The molecule has 6 nitrogen and oxygen atoms in total. The number of ether oxygens (including phenoxy) is 1. The summed E-state index contributed by atoms with van der Waals surface area (Å²) in [6.07, 6.45) is 0.115. The van der Waals surface area contributed by atoms with Gasteiger partial charge in [0.05, 0.1) is 12.7 Å². The van der Waals surface area contributed by atoms with Crippen molar-refractivity contribution in [3.63, 3.8) is 0 Å². The molecule has 0 radical (unpaired) electrons. The molecule has 18 heavy (non-hydrogen) atoms. The minimum Gasteiger partial charge on any atom is -0.480 e. The largest absolute Gasteiger partial charge is 0.480 e. The molecular formula is C12H24N2O4. The number of carbonyl (C=O) groups excluding carboxylic acids is 1. The van der Waals surface area contributed by atoms with Gasteiger partial charge in [-0.2, -0.15) is 0 Å². The maximum Gasteiger partial charge on any atom is 0.326 e. The van der Waals surface area contributed by atoms with Crippen LogP contribution in [0.2, 0.25) is 0 Å². The van der Waals surface area contributed by atoms with E-state index in [-0.39, 0.29) is 12.0 Å². The highest BCUT2D eigenvalue weighted by Crippen LogP contribution is 2.02. The number of amides is 2. The maximum absolute atomic E-state index is 11.7. The van der Waals surface area contributed by atoms with Crippen molar-refractivity contribution in [1.82, 2.24) is 10.2 Å². The lowest BCUT2D eigenvalue weighted by Crippen LogP contribution is -2.49. The van der Waals surface area contributed by atoms with E-state index in [1.807, 2.05) is 13.8 Å². The number of nitrogens with one attached hydrogen (secondary N) is 1. The number of rotatable bonds is 7. The second-order valence-corrected chi connectivity index (χ2v) is 4.85. The van der Waals surface area contributed by atoms with E-state index in [4.69, 9.17) is 9.84 Å². The lowest BCUT2D eigenvalue weighted by atomic mass is 10.1. The average Bonchev–Trinajstić information content (AvgIpc) is 2.23. The fraction of sp³-hybridized carbons (Fsp3) is 0.833. The second-order valence-electron chi connectivity index (χ2n) is 4.85. The van der Waals surface area contributed by atoms with Crippen molar-refractivity contribution < 1.29 is 19.4 Å². The van der Waals surface area contributed by atoms with Gasteiger partial charge in [0.15, 0.2) is 0 Å². The fourth-order valence-corrected chi connectivity index (χ4v) is 1.28. The summed E-state index contributed by atoms with van der Waals surface area (Å²) in [5.74, 6) is -1.18. The molecule has 0 aromatic heterocycles. The number of urea groups is 1. The van der Waals surface area contributed by atoms with Crippen LogP contribution in [-0.4, -0.2) is 54.4 Å². The molecule has 0 aromatic carbocycles. The summed E-state index contributed by atoms with van der Waals surface area (Å²) in [6, 6.07) is -1.27. The molecule has 0 aliphatic rings. The van der Waals surface area contributed by atoms with Crippen molar-refractivity contribution in [1.29, 1.82) is 0 Å². The van der Waals surface area contributed by atoms with Crippen LogP contribution in [0.3, 0.4) is 0 Å². The number of carbonyl (C=O) groups is 2. The summed E-state index contributed by atoms with van der Waals surface area (Å²) in [5, 5.41) is 11.5. The van der Waals surface area contributed by atoms with E-state index in [1.54, 1.807) is 20.9 Å². The van der Waals surface area contributed by atoms with Crippen LogP contribution in [0.5, 0.6) is 0 Å².